The van der Waals surface area contributed by atoms with Gasteiger partial charge in [0.2, 0.25) is 5.91 Å². The first kappa shape index (κ1) is 80.6. The van der Waals surface area contributed by atoms with Crippen LogP contribution in [0, 0.1) is 0 Å². The second-order valence-corrected chi connectivity index (χ2v) is 26.3. The molecule has 0 aliphatic carbocycles. The molecule has 0 spiro atoms. The van der Waals surface area contributed by atoms with Crippen LogP contribution in [0.25, 0.3) is 0 Å². The summed E-state index contributed by atoms with van der Waals surface area (Å²) in [5, 5.41) is 23.2. The number of hydrogen-bond donors (Lipinski definition) is 3. The fourth-order valence-corrected chi connectivity index (χ4v) is 12.3. The number of amides is 1. The molecule has 3 N–H and O–H groups in total. The third kappa shape index (κ3) is 67.7. The molecule has 6 heteroatoms. The van der Waals surface area contributed by atoms with Crippen molar-refractivity contribution < 1.29 is 24.5 Å². The minimum Gasteiger partial charge on any atom is -0.466 e. The fourth-order valence-electron chi connectivity index (χ4n) is 12.3. The van der Waals surface area contributed by atoms with E-state index in [1.54, 1.807) is 0 Å². The molecule has 0 radical (unpaired) electrons. The lowest BCUT2D eigenvalue weighted by atomic mass is 10.0. The average Bonchev–Trinajstić information content (AvgIpc) is 3.48. The van der Waals surface area contributed by atoms with E-state index in [4.69, 9.17) is 4.74 Å². The molecule has 2 atom stereocenters. The molecule has 0 aromatic carbocycles. The summed E-state index contributed by atoms with van der Waals surface area (Å²) in [6, 6.07) is -0.534. The first-order valence-electron chi connectivity index (χ1n) is 37.9. The molecule has 0 aromatic heterocycles. The Morgan fingerprint density at radius 3 is 0.866 bits per heavy atom. The van der Waals surface area contributed by atoms with Crippen LogP contribution in [0.1, 0.15) is 438 Å². The van der Waals surface area contributed by atoms with E-state index in [2.05, 4.69) is 31.3 Å². The van der Waals surface area contributed by atoms with Crippen molar-refractivity contribution in [2.45, 2.75) is 450 Å². The number of hydrogen-bond acceptors (Lipinski definition) is 5. The molecule has 82 heavy (non-hydrogen) atoms. The molecule has 0 aromatic rings. The second kappa shape index (κ2) is 72.1. The lowest BCUT2D eigenvalue weighted by molar-refractivity contribution is -0.143. The van der Waals surface area contributed by atoms with Crippen molar-refractivity contribution in [3.8, 4) is 0 Å². The quantitative estimate of drug-likeness (QED) is 0.0320. The maximum atomic E-state index is 12.5. The zero-order chi connectivity index (χ0) is 59.2. The number of unbranched alkanes of at least 4 members (excludes halogenated alkanes) is 59. The van der Waals surface area contributed by atoms with E-state index in [0.717, 1.165) is 44.9 Å². The number of ether oxygens (including phenoxy) is 1. The largest absolute Gasteiger partial charge is 0.466 e. The van der Waals surface area contributed by atoms with Crippen LogP contribution >= 0.6 is 0 Å². The molecule has 0 bridgehead atoms. The smallest absolute Gasteiger partial charge is 0.305 e. The SMILES string of the molecule is CCCCCCCCC/C=C\CCCCCCCC(=O)OCCCCCCCCCCCCCCCCCCCCCCCCCCCCCCCCCCCCCCCCCC(=O)NC(CO)C(O)CCCCCCCCCCCC. The van der Waals surface area contributed by atoms with E-state index < -0.39 is 12.1 Å². The molecular formula is C76H149NO5. The Morgan fingerprint density at radius 1 is 0.329 bits per heavy atom. The van der Waals surface area contributed by atoms with E-state index in [0.29, 0.717) is 25.9 Å². The highest BCUT2D eigenvalue weighted by molar-refractivity contribution is 5.76. The molecule has 0 saturated carbocycles. The number of allylic oxidation sites excluding steroid dienone is 2. The van der Waals surface area contributed by atoms with Gasteiger partial charge in [0.25, 0.3) is 0 Å². The predicted molar refractivity (Wildman–Crippen MR) is 361 cm³/mol. The maximum Gasteiger partial charge on any atom is 0.305 e. The van der Waals surface area contributed by atoms with Crippen LogP contribution in [-0.4, -0.2) is 47.4 Å². The zero-order valence-electron chi connectivity index (χ0n) is 56.0. The van der Waals surface area contributed by atoms with Crippen LogP contribution in [0.5, 0.6) is 0 Å². The number of rotatable bonds is 72. The van der Waals surface area contributed by atoms with Gasteiger partial charge < -0.3 is 20.3 Å². The maximum absolute atomic E-state index is 12.5. The molecule has 0 heterocycles. The first-order valence-corrected chi connectivity index (χ1v) is 37.9. The van der Waals surface area contributed by atoms with Crippen LogP contribution in [0.4, 0.5) is 0 Å². The highest BCUT2D eigenvalue weighted by Crippen LogP contribution is 2.20. The highest BCUT2D eigenvalue weighted by Gasteiger charge is 2.20. The molecule has 0 aliphatic rings. The molecule has 6 nitrogen and oxygen atoms in total. The summed E-state index contributed by atoms with van der Waals surface area (Å²) in [4.78, 5) is 24.5. The third-order valence-corrected chi connectivity index (χ3v) is 18.1. The van der Waals surface area contributed by atoms with Crippen LogP contribution in [0.15, 0.2) is 12.2 Å². The van der Waals surface area contributed by atoms with E-state index in [1.165, 1.54) is 360 Å². The number of carbonyl (C=O) groups excluding carboxylic acids is 2. The van der Waals surface area contributed by atoms with Gasteiger partial charge in [-0.2, -0.15) is 0 Å². The van der Waals surface area contributed by atoms with Gasteiger partial charge in [-0.25, -0.2) is 0 Å². The van der Waals surface area contributed by atoms with Crippen molar-refractivity contribution in [3.05, 3.63) is 12.2 Å². The van der Waals surface area contributed by atoms with E-state index in [9.17, 15) is 19.8 Å². The van der Waals surface area contributed by atoms with Gasteiger partial charge in [-0.1, -0.05) is 386 Å². The van der Waals surface area contributed by atoms with Crippen molar-refractivity contribution in [3.63, 3.8) is 0 Å². The van der Waals surface area contributed by atoms with Crippen molar-refractivity contribution >= 4 is 11.9 Å². The average molecular weight is 1160 g/mol. The lowest BCUT2D eigenvalue weighted by Crippen LogP contribution is -2.45. The Balaban J connectivity index is 3.25. The Bertz CT molecular complexity index is 1240. The number of carbonyl (C=O) groups is 2. The fraction of sp³-hybridized carbons (Fsp3) is 0.947. The summed E-state index contributed by atoms with van der Waals surface area (Å²) < 4.78 is 5.50. The Hall–Kier alpha value is -1.40. The lowest BCUT2D eigenvalue weighted by Gasteiger charge is -2.22. The van der Waals surface area contributed by atoms with Crippen molar-refractivity contribution in [1.82, 2.24) is 5.32 Å². The minimum absolute atomic E-state index is 0.0175. The van der Waals surface area contributed by atoms with E-state index in [-0.39, 0.29) is 18.5 Å². The summed E-state index contributed by atoms with van der Waals surface area (Å²) >= 11 is 0. The van der Waals surface area contributed by atoms with Gasteiger partial charge in [-0.15, -0.1) is 0 Å². The highest BCUT2D eigenvalue weighted by atomic mass is 16.5. The molecule has 0 saturated heterocycles. The number of nitrogens with one attached hydrogen (secondary N) is 1. The summed E-state index contributed by atoms with van der Waals surface area (Å²) in [5.41, 5.74) is 0. The zero-order valence-corrected chi connectivity index (χ0v) is 56.0. The van der Waals surface area contributed by atoms with E-state index in [1.807, 2.05) is 0 Å². The van der Waals surface area contributed by atoms with Crippen molar-refractivity contribution in [2.75, 3.05) is 13.2 Å². The van der Waals surface area contributed by atoms with Crippen LogP contribution in [-0.2, 0) is 14.3 Å². The predicted octanol–water partition coefficient (Wildman–Crippen LogP) is 24.7. The summed E-state index contributed by atoms with van der Waals surface area (Å²) in [6.07, 6.45) is 90.3. The van der Waals surface area contributed by atoms with Crippen LogP contribution in [0.3, 0.4) is 0 Å². The normalized spacial score (nSPS) is 12.5. The second-order valence-electron chi connectivity index (χ2n) is 26.3. The van der Waals surface area contributed by atoms with Gasteiger partial charge in [0.15, 0.2) is 0 Å². The van der Waals surface area contributed by atoms with Gasteiger partial charge in [-0.05, 0) is 51.4 Å². The molecular weight excluding hydrogens is 1010 g/mol. The van der Waals surface area contributed by atoms with Crippen LogP contribution in [0.2, 0.25) is 0 Å². The van der Waals surface area contributed by atoms with Crippen molar-refractivity contribution in [2.24, 2.45) is 0 Å². The van der Waals surface area contributed by atoms with Gasteiger partial charge in [0.1, 0.15) is 0 Å². The van der Waals surface area contributed by atoms with Gasteiger partial charge >= 0.3 is 5.97 Å². The summed E-state index contributed by atoms with van der Waals surface area (Å²) in [6.45, 7) is 4.97. The van der Waals surface area contributed by atoms with Crippen molar-refractivity contribution in [1.29, 1.82) is 0 Å². The number of esters is 1. The first-order chi connectivity index (χ1) is 40.5. The van der Waals surface area contributed by atoms with Gasteiger partial charge in [0, 0.05) is 12.8 Å². The Morgan fingerprint density at radius 2 is 0.573 bits per heavy atom. The topological polar surface area (TPSA) is 95.9 Å². The monoisotopic (exact) mass is 1160 g/mol. The standard InChI is InChI=1S/C76H149NO5/c1-3-5-7-9-11-13-15-16-17-44-47-50-54-58-62-66-70-76(81)82-71-67-63-59-55-51-48-45-42-40-38-36-34-32-30-28-26-24-22-20-18-19-21-23-25-27-29-31-33-35-37-39-41-43-46-49-53-57-61-65-69-75(80)77-73(72-78)74(79)68-64-60-56-52-14-12-10-8-6-4-2/h17,44,73-74,78-79H,3-16,18-43,45-72H2,1-2H3,(H,77,80)/b44-17-. The molecule has 1 amide bonds. The Kier molecular flexibility index (Phi) is 70.8. The minimum atomic E-state index is -0.657. The summed E-state index contributed by atoms with van der Waals surface area (Å²) in [5.74, 6) is -0.0105. The molecule has 0 fully saturated rings. The van der Waals surface area contributed by atoms with E-state index >= 15 is 0 Å². The molecule has 0 aliphatic heterocycles. The number of aliphatic hydroxyl groups excluding tert-OH is 2. The third-order valence-electron chi connectivity index (χ3n) is 18.1. The Labute approximate surface area is 514 Å². The molecule has 488 valence electrons. The molecule has 0 rings (SSSR count). The summed E-state index contributed by atoms with van der Waals surface area (Å²) in [7, 11) is 0. The van der Waals surface area contributed by atoms with Gasteiger partial charge in [-0.3, -0.25) is 9.59 Å². The number of aliphatic hydroxyl groups is 2. The van der Waals surface area contributed by atoms with Crippen LogP contribution < -0.4 is 5.32 Å². The van der Waals surface area contributed by atoms with Gasteiger partial charge in [0.05, 0.1) is 25.4 Å². The molecule has 2 unspecified atom stereocenters.